The first-order chi connectivity index (χ1) is 15.0. The molecule has 0 atom stereocenters. The number of carbonyl (C=O) groups excluding carboxylic acids is 2. The number of carbonyl (C=O) groups is 2. The van der Waals surface area contributed by atoms with Crippen molar-refractivity contribution in [3.8, 4) is 17.2 Å². The van der Waals surface area contributed by atoms with E-state index in [4.69, 9.17) is 14.2 Å². The molecule has 1 aliphatic heterocycles. The Morgan fingerprint density at radius 2 is 1.58 bits per heavy atom. The molecule has 2 aromatic carbocycles. The zero-order chi connectivity index (χ0) is 22.2. The maximum atomic E-state index is 12.7. The minimum Gasteiger partial charge on any atom is -0.496 e. The molecule has 1 saturated heterocycles. The third-order valence-corrected chi connectivity index (χ3v) is 5.56. The van der Waals surface area contributed by atoms with Crippen LogP contribution in [0, 0.1) is 0 Å². The standard InChI is InChI=1S/C24H30N2O5/c1-29-20-7-5-4-6-18(20)16-24(28)26-12-10-19(11-13-26)25-23(27)15-17-8-9-21(30-2)22(14-17)31-3/h4-9,14,19H,10-13,15-16H2,1-3H3,(H,25,27). The smallest absolute Gasteiger partial charge is 0.227 e. The molecule has 0 aromatic heterocycles. The van der Waals surface area contributed by atoms with Crippen LogP contribution in [0.5, 0.6) is 17.2 Å². The molecule has 1 heterocycles. The van der Waals surface area contributed by atoms with E-state index in [9.17, 15) is 9.59 Å². The second kappa shape index (κ2) is 10.7. The van der Waals surface area contributed by atoms with Crippen LogP contribution in [0.25, 0.3) is 0 Å². The average molecular weight is 427 g/mol. The molecule has 3 rings (SSSR count). The van der Waals surface area contributed by atoms with E-state index in [1.54, 1.807) is 27.4 Å². The van der Waals surface area contributed by atoms with Crippen LogP contribution in [-0.4, -0.2) is 57.2 Å². The zero-order valence-electron chi connectivity index (χ0n) is 18.3. The Morgan fingerprint density at radius 1 is 0.903 bits per heavy atom. The summed E-state index contributed by atoms with van der Waals surface area (Å²) in [6, 6.07) is 13.1. The van der Waals surface area contributed by atoms with Gasteiger partial charge < -0.3 is 24.4 Å². The average Bonchev–Trinajstić information content (AvgIpc) is 2.79. The van der Waals surface area contributed by atoms with Crippen molar-refractivity contribution in [2.45, 2.75) is 31.7 Å². The minimum atomic E-state index is -0.0361. The number of hydrogen-bond acceptors (Lipinski definition) is 5. The summed E-state index contributed by atoms with van der Waals surface area (Å²) in [6.45, 7) is 1.27. The van der Waals surface area contributed by atoms with Gasteiger partial charge >= 0.3 is 0 Å². The number of para-hydroxylation sites is 1. The predicted octanol–water partition coefficient (Wildman–Crippen LogP) is 2.60. The van der Waals surface area contributed by atoms with Gasteiger partial charge in [-0.3, -0.25) is 9.59 Å². The molecular weight excluding hydrogens is 396 g/mol. The zero-order valence-corrected chi connectivity index (χ0v) is 18.3. The highest BCUT2D eigenvalue weighted by molar-refractivity contribution is 5.80. The Balaban J connectivity index is 1.47. The topological polar surface area (TPSA) is 77.1 Å². The molecule has 31 heavy (non-hydrogen) atoms. The van der Waals surface area contributed by atoms with E-state index in [-0.39, 0.29) is 24.3 Å². The lowest BCUT2D eigenvalue weighted by Crippen LogP contribution is -2.47. The second-order valence-corrected chi connectivity index (χ2v) is 7.58. The monoisotopic (exact) mass is 426 g/mol. The molecule has 1 aliphatic rings. The van der Waals surface area contributed by atoms with Crippen LogP contribution in [0.2, 0.25) is 0 Å². The number of rotatable bonds is 8. The number of methoxy groups -OCH3 is 3. The van der Waals surface area contributed by atoms with Crippen molar-refractivity contribution in [2.75, 3.05) is 34.4 Å². The number of nitrogens with one attached hydrogen (secondary N) is 1. The van der Waals surface area contributed by atoms with E-state index in [1.165, 1.54) is 0 Å². The van der Waals surface area contributed by atoms with E-state index in [0.29, 0.717) is 31.0 Å². The molecule has 166 valence electrons. The molecule has 1 N–H and O–H groups in total. The highest BCUT2D eigenvalue weighted by atomic mass is 16.5. The summed E-state index contributed by atoms with van der Waals surface area (Å²) in [7, 11) is 4.77. The molecular formula is C24H30N2O5. The van der Waals surface area contributed by atoms with Gasteiger partial charge in [0.2, 0.25) is 11.8 Å². The number of likely N-dealkylation sites (tertiary alicyclic amines) is 1. The molecule has 0 radical (unpaired) electrons. The van der Waals surface area contributed by atoms with E-state index in [0.717, 1.165) is 29.7 Å². The van der Waals surface area contributed by atoms with Crippen LogP contribution in [0.15, 0.2) is 42.5 Å². The van der Waals surface area contributed by atoms with Crippen molar-refractivity contribution >= 4 is 11.8 Å². The van der Waals surface area contributed by atoms with Crippen molar-refractivity contribution in [3.05, 3.63) is 53.6 Å². The molecule has 0 aliphatic carbocycles. The van der Waals surface area contributed by atoms with Gasteiger partial charge in [0.1, 0.15) is 5.75 Å². The SMILES string of the molecule is COc1ccccc1CC(=O)N1CCC(NC(=O)Cc2ccc(OC)c(OC)c2)CC1. The predicted molar refractivity (Wildman–Crippen MR) is 118 cm³/mol. The highest BCUT2D eigenvalue weighted by Crippen LogP contribution is 2.27. The lowest BCUT2D eigenvalue weighted by atomic mass is 10.0. The van der Waals surface area contributed by atoms with Crippen LogP contribution in [-0.2, 0) is 22.4 Å². The van der Waals surface area contributed by atoms with E-state index in [1.807, 2.05) is 41.3 Å². The van der Waals surface area contributed by atoms with Crippen LogP contribution in [0.3, 0.4) is 0 Å². The molecule has 2 amide bonds. The number of benzene rings is 2. The van der Waals surface area contributed by atoms with E-state index < -0.39 is 0 Å². The fraction of sp³-hybridized carbons (Fsp3) is 0.417. The Hall–Kier alpha value is -3.22. The fourth-order valence-corrected chi connectivity index (χ4v) is 3.85. The molecule has 0 spiro atoms. The van der Waals surface area contributed by atoms with Gasteiger partial charge in [0.25, 0.3) is 0 Å². The lowest BCUT2D eigenvalue weighted by Gasteiger charge is -2.32. The number of nitrogens with zero attached hydrogens (tertiary/aromatic N) is 1. The Labute approximate surface area is 183 Å². The van der Waals surface area contributed by atoms with E-state index >= 15 is 0 Å². The molecule has 0 saturated carbocycles. The van der Waals surface area contributed by atoms with Gasteiger partial charge in [0.05, 0.1) is 34.2 Å². The van der Waals surface area contributed by atoms with Crippen LogP contribution in [0.1, 0.15) is 24.0 Å². The van der Waals surface area contributed by atoms with Crippen molar-refractivity contribution < 1.29 is 23.8 Å². The van der Waals surface area contributed by atoms with Crippen LogP contribution >= 0.6 is 0 Å². The summed E-state index contributed by atoms with van der Waals surface area (Å²) in [5.41, 5.74) is 1.75. The third kappa shape index (κ3) is 5.90. The number of piperidine rings is 1. The first-order valence-electron chi connectivity index (χ1n) is 10.4. The fourth-order valence-electron chi connectivity index (χ4n) is 3.85. The van der Waals surface area contributed by atoms with E-state index in [2.05, 4.69) is 5.32 Å². The Morgan fingerprint density at radius 3 is 2.26 bits per heavy atom. The van der Waals surface area contributed by atoms with Crippen molar-refractivity contribution in [1.82, 2.24) is 10.2 Å². The third-order valence-electron chi connectivity index (χ3n) is 5.56. The van der Waals surface area contributed by atoms with Gasteiger partial charge in [-0.15, -0.1) is 0 Å². The molecule has 7 heteroatoms. The lowest BCUT2D eigenvalue weighted by molar-refractivity contribution is -0.131. The molecule has 2 aromatic rings. The first kappa shape index (κ1) is 22.5. The highest BCUT2D eigenvalue weighted by Gasteiger charge is 2.24. The quantitative estimate of drug-likeness (QED) is 0.702. The second-order valence-electron chi connectivity index (χ2n) is 7.58. The maximum Gasteiger partial charge on any atom is 0.227 e. The largest absolute Gasteiger partial charge is 0.496 e. The normalized spacial score (nSPS) is 14.1. The minimum absolute atomic E-state index is 0.0361. The molecule has 1 fully saturated rings. The molecule has 7 nitrogen and oxygen atoms in total. The van der Waals surface area contributed by atoms with Gasteiger partial charge in [-0.1, -0.05) is 24.3 Å². The van der Waals surface area contributed by atoms with Gasteiger partial charge in [0, 0.05) is 24.7 Å². The number of hydrogen-bond donors (Lipinski definition) is 1. The van der Waals surface area contributed by atoms with Gasteiger partial charge in [0.15, 0.2) is 11.5 Å². The number of ether oxygens (including phenoxy) is 3. The van der Waals surface area contributed by atoms with Crippen molar-refractivity contribution in [3.63, 3.8) is 0 Å². The summed E-state index contributed by atoms with van der Waals surface area (Å²) < 4.78 is 15.9. The summed E-state index contributed by atoms with van der Waals surface area (Å²) in [5, 5.41) is 3.09. The van der Waals surface area contributed by atoms with Crippen LogP contribution < -0.4 is 19.5 Å². The Kier molecular flexibility index (Phi) is 7.76. The first-order valence-corrected chi connectivity index (χ1v) is 10.4. The summed E-state index contributed by atoms with van der Waals surface area (Å²) >= 11 is 0. The molecule has 0 bridgehead atoms. The van der Waals surface area contributed by atoms with Gasteiger partial charge in [-0.25, -0.2) is 0 Å². The summed E-state index contributed by atoms with van der Waals surface area (Å²) in [4.78, 5) is 27.0. The molecule has 0 unspecified atom stereocenters. The van der Waals surface area contributed by atoms with Crippen LogP contribution in [0.4, 0.5) is 0 Å². The maximum absolute atomic E-state index is 12.7. The summed E-state index contributed by atoms with van der Waals surface area (Å²) in [6.07, 6.45) is 2.08. The van der Waals surface area contributed by atoms with Crippen molar-refractivity contribution in [1.29, 1.82) is 0 Å². The van der Waals surface area contributed by atoms with Gasteiger partial charge in [-0.2, -0.15) is 0 Å². The van der Waals surface area contributed by atoms with Crippen molar-refractivity contribution in [2.24, 2.45) is 0 Å². The van der Waals surface area contributed by atoms with Gasteiger partial charge in [-0.05, 0) is 36.6 Å². The Bertz CT molecular complexity index is 907. The number of amides is 2. The summed E-state index contributed by atoms with van der Waals surface area (Å²) in [5.74, 6) is 2.02.